The van der Waals surface area contributed by atoms with E-state index < -0.39 is 7.60 Å². The first-order valence-corrected chi connectivity index (χ1v) is 6.39. The molecule has 5 heteroatoms. The van der Waals surface area contributed by atoms with E-state index in [1.54, 1.807) is 54.6 Å². The van der Waals surface area contributed by atoms with Gasteiger partial charge in [0.15, 0.2) is 0 Å². The van der Waals surface area contributed by atoms with Crippen molar-refractivity contribution in [2.75, 3.05) is 0 Å². The largest absolute Gasteiger partial charge is 0.421 e. The molecule has 0 aliphatic carbocycles. The van der Waals surface area contributed by atoms with Gasteiger partial charge in [-0.15, -0.1) is 0 Å². The van der Waals surface area contributed by atoms with Crippen LogP contribution in [-0.2, 0) is 25.6 Å². The van der Waals surface area contributed by atoms with Gasteiger partial charge in [0.25, 0.3) is 0 Å². The third-order valence-electron chi connectivity index (χ3n) is 2.05. The maximum atomic E-state index is 11.9. The van der Waals surface area contributed by atoms with Gasteiger partial charge in [0.05, 0.1) is 5.30 Å². The summed E-state index contributed by atoms with van der Waals surface area (Å²) in [7, 11) is -3.77. The van der Waals surface area contributed by atoms with Crippen molar-refractivity contribution in [3.63, 3.8) is 0 Å². The van der Waals surface area contributed by atoms with Crippen LogP contribution in [0.3, 0.4) is 0 Å². The van der Waals surface area contributed by atoms with Gasteiger partial charge in [-0.1, -0.05) is 36.4 Å². The van der Waals surface area contributed by atoms with Gasteiger partial charge < -0.3 is 9.42 Å². The summed E-state index contributed by atoms with van der Waals surface area (Å²) < 4.78 is 17.0. The molecule has 0 aliphatic rings. The zero-order valence-corrected chi connectivity index (χ0v) is 11.8. The molecule has 0 saturated heterocycles. The van der Waals surface area contributed by atoms with Crippen LogP contribution in [0.4, 0.5) is 0 Å². The second-order valence-electron chi connectivity index (χ2n) is 3.26. The second-order valence-corrected chi connectivity index (χ2v) is 5.00. The molecule has 2 rings (SSSR count). The Morgan fingerprint density at radius 3 is 1.88 bits per heavy atom. The Morgan fingerprint density at radius 1 is 0.882 bits per heavy atom. The molecule has 0 radical (unpaired) electrons. The van der Waals surface area contributed by atoms with Crippen molar-refractivity contribution >= 4 is 12.9 Å². The Morgan fingerprint density at radius 2 is 1.35 bits per heavy atom. The molecule has 1 unspecified atom stereocenters. The first kappa shape index (κ1) is 14.2. The zero-order valence-electron chi connectivity index (χ0n) is 8.89. The maximum Gasteiger partial charge on any atom is 0.408 e. The fraction of sp³-hybridized carbons (Fsp3) is 0. The molecule has 1 N–H and O–H groups in total. The van der Waals surface area contributed by atoms with Gasteiger partial charge in [-0.3, -0.25) is 0 Å². The van der Waals surface area contributed by atoms with E-state index >= 15 is 0 Å². The minimum Gasteiger partial charge on any atom is -0.421 e. The summed E-state index contributed by atoms with van der Waals surface area (Å²) in [6, 6.07) is 16.9. The molecule has 0 bridgehead atoms. The Balaban J connectivity index is 0.00000144. The van der Waals surface area contributed by atoms with Gasteiger partial charge in [-0.2, -0.15) is 0 Å². The fourth-order valence-electron chi connectivity index (χ4n) is 1.29. The first-order valence-electron chi connectivity index (χ1n) is 4.81. The molecular weight excluding hydrogens is 319 g/mol. The van der Waals surface area contributed by atoms with Crippen LogP contribution < -0.4 is 9.83 Å². The molecule has 3 nitrogen and oxygen atoms in total. The van der Waals surface area contributed by atoms with Crippen LogP contribution in [0.5, 0.6) is 5.75 Å². The van der Waals surface area contributed by atoms with Crippen molar-refractivity contribution in [3.05, 3.63) is 60.7 Å². The second kappa shape index (κ2) is 6.16. The van der Waals surface area contributed by atoms with Gasteiger partial charge in [-0.25, -0.2) is 4.57 Å². The topological polar surface area (TPSA) is 46.5 Å². The maximum absolute atomic E-state index is 11.9. The van der Waals surface area contributed by atoms with Gasteiger partial charge in [-0.05, 0) is 24.3 Å². The molecular formula is C12H11MoO3P. The van der Waals surface area contributed by atoms with Crippen LogP contribution in [0.1, 0.15) is 0 Å². The van der Waals surface area contributed by atoms with E-state index in [9.17, 15) is 9.46 Å². The summed E-state index contributed by atoms with van der Waals surface area (Å²) in [5, 5.41) is 0.291. The zero-order chi connectivity index (χ0) is 11.4. The summed E-state index contributed by atoms with van der Waals surface area (Å²) in [5.41, 5.74) is 0. The van der Waals surface area contributed by atoms with Gasteiger partial charge in [0.2, 0.25) is 0 Å². The molecule has 88 valence electrons. The first-order chi connectivity index (χ1) is 7.68. The summed E-state index contributed by atoms with van der Waals surface area (Å²) in [6.07, 6.45) is 0. The number of hydrogen-bond donors (Lipinski definition) is 1. The van der Waals surface area contributed by atoms with E-state index in [0.717, 1.165) is 0 Å². The Kier molecular flexibility index (Phi) is 5.14. The van der Waals surface area contributed by atoms with Crippen molar-refractivity contribution < 1.29 is 35.0 Å². The molecule has 2 aromatic carbocycles. The quantitative estimate of drug-likeness (QED) is 0.695. The van der Waals surface area contributed by atoms with Crippen molar-refractivity contribution in [1.29, 1.82) is 0 Å². The standard InChI is InChI=1S/C12H11O3P.Mo/c13-16(14,12-9-5-2-6-10-12)15-11-7-3-1-4-8-11;/h1-10H,(H,13,14);. The summed E-state index contributed by atoms with van der Waals surface area (Å²) >= 11 is 0. The third-order valence-corrected chi connectivity index (χ3v) is 3.46. The molecule has 0 spiro atoms. The van der Waals surface area contributed by atoms with Crippen LogP contribution in [0.2, 0.25) is 0 Å². The SMILES string of the molecule is O=P(O)(Oc1ccccc1)c1ccccc1.[Mo]. The third kappa shape index (κ3) is 3.81. The van der Waals surface area contributed by atoms with Gasteiger partial charge >= 0.3 is 7.60 Å². The molecule has 0 amide bonds. The van der Waals surface area contributed by atoms with E-state index in [2.05, 4.69) is 0 Å². The molecule has 2 aromatic rings. The minimum absolute atomic E-state index is 0. The predicted octanol–water partition coefficient (Wildman–Crippen LogP) is 2.57. The number of benzene rings is 2. The van der Waals surface area contributed by atoms with Gasteiger partial charge in [0, 0.05) is 21.1 Å². The summed E-state index contributed by atoms with van der Waals surface area (Å²) in [4.78, 5) is 9.77. The van der Waals surface area contributed by atoms with Crippen molar-refractivity contribution in [2.45, 2.75) is 0 Å². The summed E-state index contributed by atoms with van der Waals surface area (Å²) in [5.74, 6) is 0.386. The average Bonchev–Trinajstić information content (AvgIpc) is 2.31. The Labute approximate surface area is 114 Å². The van der Waals surface area contributed by atoms with E-state index in [1.807, 2.05) is 6.07 Å². The van der Waals surface area contributed by atoms with Crippen LogP contribution in [0, 0.1) is 0 Å². The van der Waals surface area contributed by atoms with Gasteiger partial charge in [0.1, 0.15) is 5.75 Å². The minimum atomic E-state index is -3.77. The molecule has 0 aromatic heterocycles. The van der Waals surface area contributed by atoms with Crippen molar-refractivity contribution in [2.24, 2.45) is 0 Å². The van der Waals surface area contributed by atoms with Crippen molar-refractivity contribution in [1.82, 2.24) is 0 Å². The monoisotopic (exact) mass is 332 g/mol. The normalized spacial score (nSPS) is 13.2. The van der Waals surface area contributed by atoms with Crippen LogP contribution >= 0.6 is 7.60 Å². The van der Waals surface area contributed by atoms with E-state index in [0.29, 0.717) is 11.1 Å². The van der Waals surface area contributed by atoms with E-state index in [1.165, 1.54) is 0 Å². The predicted molar refractivity (Wildman–Crippen MR) is 63.0 cm³/mol. The average molecular weight is 330 g/mol. The van der Waals surface area contributed by atoms with E-state index in [4.69, 9.17) is 4.52 Å². The molecule has 0 aliphatic heterocycles. The number of rotatable bonds is 3. The molecule has 1 atom stereocenters. The van der Waals surface area contributed by atoms with Crippen molar-refractivity contribution in [3.8, 4) is 5.75 Å². The molecule has 0 fully saturated rings. The number of para-hydroxylation sites is 1. The summed E-state index contributed by atoms with van der Waals surface area (Å²) in [6.45, 7) is 0. The Bertz CT molecular complexity index is 502. The Hall–Kier alpha value is -0.882. The molecule has 0 saturated carbocycles. The van der Waals surface area contributed by atoms with Crippen LogP contribution in [-0.4, -0.2) is 4.89 Å². The smallest absolute Gasteiger partial charge is 0.408 e. The number of hydrogen-bond acceptors (Lipinski definition) is 2. The molecule has 0 heterocycles. The van der Waals surface area contributed by atoms with Crippen LogP contribution in [0.15, 0.2) is 60.7 Å². The fourth-order valence-corrected chi connectivity index (χ4v) is 2.36. The molecule has 17 heavy (non-hydrogen) atoms. The van der Waals surface area contributed by atoms with E-state index in [-0.39, 0.29) is 21.1 Å². The van der Waals surface area contributed by atoms with Crippen LogP contribution in [0.25, 0.3) is 0 Å².